The van der Waals surface area contributed by atoms with Crippen LogP contribution in [-0.4, -0.2) is 50.0 Å². The number of hydrogen-bond donors (Lipinski definition) is 3. The van der Waals surface area contributed by atoms with Crippen LogP contribution in [0.3, 0.4) is 0 Å². The summed E-state index contributed by atoms with van der Waals surface area (Å²) in [5, 5.41) is 15.8. The van der Waals surface area contributed by atoms with Crippen molar-refractivity contribution < 1.29 is 14.6 Å². The first-order valence-corrected chi connectivity index (χ1v) is 6.74. The molecule has 0 aromatic heterocycles. The summed E-state index contributed by atoms with van der Waals surface area (Å²) < 4.78 is 4.86. The Labute approximate surface area is 110 Å². The molecule has 2 atom stereocenters. The summed E-state index contributed by atoms with van der Waals surface area (Å²) in [5.41, 5.74) is 0. The van der Waals surface area contributed by atoms with Crippen LogP contribution in [0.1, 0.15) is 33.6 Å². The van der Waals surface area contributed by atoms with E-state index in [1.807, 2.05) is 0 Å². The van der Waals surface area contributed by atoms with Crippen molar-refractivity contribution in [2.24, 2.45) is 5.92 Å². The molecule has 0 aliphatic heterocycles. The lowest BCUT2D eigenvalue weighted by Gasteiger charge is -2.22. The van der Waals surface area contributed by atoms with Crippen LogP contribution in [0.25, 0.3) is 0 Å². The second kappa shape index (κ2) is 10.3. The molecule has 3 N–H and O–H groups in total. The van der Waals surface area contributed by atoms with Crippen LogP contribution in [-0.2, 0) is 9.53 Å². The Morgan fingerprint density at radius 3 is 2.44 bits per heavy atom. The number of carbonyl (C=O) groups is 1. The molecular weight excluding hydrogens is 232 g/mol. The molecule has 5 heteroatoms. The minimum atomic E-state index is -0.394. The molecule has 0 fully saturated rings. The number of methoxy groups -OCH3 is 1. The Morgan fingerprint density at radius 1 is 1.33 bits per heavy atom. The Kier molecular flexibility index (Phi) is 9.92. The van der Waals surface area contributed by atoms with E-state index in [0.29, 0.717) is 25.6 Å². The zero-order valence-corrected chi connectivity index (χ0v) is 12.0. The molecule has 0 spiro atoms. The molecule has 1 amide bonds. The van der Waals surface area contributed by atoms with Gasteiger partial charge in [0.05, 0.1) is 18.8 Å². The molecule has 0 heterocycles. The molecule has 0 aromatic carbocycles. The minimum absolute atomic E-state index is 0.0659. The predicted molar refractivity (Wildman–Crippen MR) is 72.4 cm³/mol. The number of ether oxygens (including phenoxy) is 1. The van der Waals surface area contributed by atoms with Crippen molar-refractivity contribution in [3.63, 3.8) is 0 Å². The van der Waals surface area contributed by atoms with Gasteiger partial charge in [-0.25, -0.2) is 0 Å². The number of aliphatic hydroxyl groups excluding tert-OH is 1. The molecule has 0 saturated carbocycles. The Morgan fingerprint density at radius 2 is 1.94 bits per heavy atom. The average molecular weight is 260 g/mol. The molecular formula is C13H28N2O3. The van der Waals surface area contributed by atoms with Crippen LogP contribution in [0.5, 0.6) is 0 Å². The number of amides is 1. The second-order valence-corrected chi connectivity index (χ2v) is 4.56. The second-order valence-electron chi connectivity index (χ2n) is 4.56. The molecule has 0 rings (SSSR count). The van der Waals surface area contributed by atoms with Crippen molar-refractivity contribution in [1.29, 1.82) is 0 Å². The van der Waals surface area contributed by atoms with E-state index < -0.39 is 6.10 Å². The standard InChI is InChI=1S/C13H28N2O3/c1-5-11(6-2)12(16)9-15-10(3)13(17)14-7-8-18-4/h10-12,15-16H,5-9H2,1-4H3,(H,14,17). The van der Waals surface area contributed by atoms with Gasteiger partial charge in [-0.05, 0) is 12.8 Å². The highest BCUT2D eigenvalue weighted by Crippen LogP contribution is 2.12. The summed E-state index contributed by atoms with van der Waals surface area (Å²) in [5.74, 6) is 0.227. The highest BCUT2D eigenvalue weighted by atomic mass is 16.5. The van der Waals surface area contributed by atoms with E-state index in [-0.39, 0.29) is 11.9 Å². The fourth-order valence-electron chi connectivity index (χ4n) is 1.82. The van der Waals surface area contributed by atoms with Gasteiger partial charge >= 0.3 is 0 Å². The number of rotatable bonds is 10. The predicted octanol–water partition coefficient (Wildman–Crippen LogP) is 0.524. The minimum Gasteiger partial charge on any atom is -0.392 e. The fraction of sp³-hybridized carbons (Fsp3) is 0.923. The summed E-state index contributed by atoms with van der Waals surface area (Å²) in [6.07, 6.45) is 1.51. The maximum atomic E-state index is 11.6. The molecule has 2 unspecified atom stereocenters. The highest BCUT2D eigenvalue weighted by molar-refractivity contribution is 5.81. The van der Waals surface area contributed by atoms with E-state index in [1.165, 1.54) is 0 Å². The van der Waals surface area contributed by atoms with Gasteiger partial charge in [-0.3, -0.25) is 4.79 Å². The van der Waals surface area contributed by atoms with Crippen LogP contribution in [0, 0.1) is 5.92 Å². The average Bonchev–Trinajstić information content (AvgIpc) is 2.37. The quantitative estimate of drug-likeness (QED) is 0.501. The first-order chi connectivity index (χ1) is 8.56. The Hall–Kier alpha value is -0.650. The number of nitrogens with one attached hydrogen (secondary N) is 2. The number of carbonyl (C=O) groups excluding carboxylic acids is 1. The van der Waals surface area contributed by atoms with E-state index in [1.54, 1.807) is 14.0 Å². The van der Waals surface area contributed by atoms with Gasteiger partial charge in [0.15, 0.2) is 0 Å². The molecule has 108 valence electrons. The van der Waals surface area contributed by atoms with Crippen molar-refractivity contribution >= 4 is 5.91 Å². The van der Waals surface area contributed by atoms with Gasteiger partial charge in [-0.1, -0.05) is 26.7 Å². The van der Waals surface area contributed by atoms with Crippen molar-refractivity contribution in [2.45, 2.75) is 45.8 Å². The normalized spacial score (nSPS) is 14.6. The van der Waals surface area contributed by atoms with E-state index in [4.69, 9.17) is 4.74 Å². The van der Waals surface area contributed by atoms with Crippen LogP contribution in [0.4, 0.5) is 0 Å². The zero-order chi connectivity index (χ0) is 14.0. The van der Waals surface area contributed by atoms with Gasteiger partial charge in [-0.15, -0.1) is 0 Å². The third-order valence-corrected chi connectivity index (χ3v) is 3.22. The Bertz CT molecular complexity index is 220. The van der Waals surface area contributed by atoms with Gasteiger partial charge < -0.3 is 20.5 Å². The van der Waals surface area contributed by atoms with Gasteiger partial charge in [0.1, 0.15) is 0 Å². The third-order valence-electron chi connectivity index (χ3n) is 3.22. The fourth-order valence-corrected chi connectivity index (χ4v) is 1.82. The van der Waals surface area contributed by atoms with Gasteiger partial charge in [0, 0.05) is 20.2 Å². The van der Waals surface area contributed by atoms with Crippen molar-refractivity contribution in [1.82, 2.24) is 10.6 Å². The highest BCUT2D eigenvalue weighted by Gasteiger charge is 2.18. The van der Waals surface area contributed by atoms with E-state index in [0.717, 1.165) is 12.8 Å². The number of aliphatic hydroxyl groups is 1. The first-order valence-electron chi connectivity index (χ1n) is 6.74. The largest absolute Gasteiger partial charge is 0.392 e. The third kappa shape index (κ3) is 6.93. The van der Waals surface area contributed by atoms with Crippen molar-refractivity contribution in [2.75, 3.05) is 26.8 Å². The molecule has 0 bridgehead atoms. The van der Waals surface area contributed by atoms with E-state index in [2.05, 4.69) is 24.5 Å². The molecule has 0 aliphatic rings. The smallest absolute Gasteiger partial charge is 0.236 e. The molecule has 5 nitrogen and oxygen atoms in total. The SMILES string of the molecule is CCC(CC)C(O)CNC(C)C(=O)NCCOC. The lowest BCUT2D eigenvalue weighted by molar-refractivity contribution is -0.123. The summed E-state index contributed by atoms with van der Waals surface area (Å²) in [4.78, 5) is 11.6. The molecule has 0 saturated heterocycles. The zero-order valence-electron chi connectivity index (χ0n) is 12.0. The topological polar surface area (TPSA) is 70.6 Å². The Balaban J connectivity index is 3.86. The lowest BCUT2D eigenvalue weighted by atomic mass is 9.96. The summed E-state index contributed by atoms with van der Waals surface area (Å²) in [6.45, 7) is 7.40. The maximum Gasteiger partial charge on any atom is 0.236 e. The van der Waals surface area contributed by atoms with Gasteiger partial charge in [0.25, 0.3) is 0 Å². The number of hydrogen-bond acceptors (Lipinski definition) is 4. The van der Waals surface area contributed by atoms with Gasteiger partial charge in [0.2, 0.25) is 5.91 Å². The van der Waals surface area contributed by atoms with E-state index >= 15 is 0 Å². The van der Waals surface area contributed by atoms with Gasteiger partial charge in [-0.2, -0.15) is 0 Å². The maximum absolute atomic E-state index is 11.6. The summed E-state index contributed by atoms with van der Waals surface area (Å²) >= 11 is 0. The monoisotopic (exact) mass is 260 g/mol. The van der Waals surface area contributed by atoms with Crippen LogP contribution < -0.4 is 10.6 Å². The molecule has 0 radical (unpaired) electrons. The van der Waals surface area contributed by atoms with Crippen molar-refractivity contribution in [3.05, 3.63) is 0 Å². The van der Waals surface area contributed by atoms with Crippen LogP contribution in [0.2, 0.25) is 0 Å². The summed E-state index contributed by atoms with van der Waals surface area (Å²) in [7, 11) is 1.60. The molecule has 0 aromatic rings. The lowest BCUT2D eigenvalue weighted by Crippen LogP contribution is -2.46. The van der Waals surface area contributed by atoms with E-state index in [9.17, 15) is 9.90 Å². The summed E-state index contributed by atoms with van der Waals surface area (Å²) in [6, 6.07) is -0.300. The first kappa shape index (κ1) is 17.4. The van der Waals surface area contributed by atoms with Crippen molar-refractivity contribution in [3.8, 4) is 0 Å². The molecule has 0 aliphatic carbocycles. The van der Waals surface area contributed by atoms with Crippen LogP contribution >= 0.6 is 0 Å². The van der Waals surface area contributed by atoms with Crippen LogP contribution in [0.15, 0.2) is 0 Å². The molecule has 18 heavy (non-hydrogen) atoms.